The van der Waals surface area contributed by atoms with Crippen LogP contribution in [-0.2, 0) is 4.79 Å². The number of amides is 1. The largest absolute Gasteiger partial charge is 0.356 e. The van der Waals surface area contributed by atoms with Crippen molar-refractivity contribution in [1.82, 2.24) is 20.0 Å². The minimum atomic E-state index is 0.233. The molecule has 1 amide bonds. The van der Waals surface area contributed by atoms with Crippen molar-refractivity contribution in [3.05, 3.63) is 54.0 Å². The third-order valence-electron chi connectivity index (χ3n) is 6.89. The van der Waals surface area contributed by atoms with Crippen LogP contribution in [0.1, 0.15) is 62.3 Å². The normalized spacial score (nSPS) is 18.1. The minimum Gasteiger partial charge on any atom is -0.356 e. The summed E-state index contributed by atoms with van der Waals surface area (Å²) in [4.78, 5) is 24.7. The molecule has 0 unspecified atom stereocenters. The van der Waals surface area contributed by atoms with E-state index in [0.717, 1.165) is 67.1 Å². The summed E-state index contributed by atoms with van der Waals surface area (Å²) < 4.78 is 5.57. The average molecular weight is 431 g/mol. The first-order valence-electron chi connectivity index (χ1n) is 11.8. The Morgan fingerprint density at radius 1 is 1.03 bits per heavy atom. The van der Waals surface area contributed by atoms with Crippen LogP contribution in [0.25, 0.3) is 22.7 Å². The van der Waals surface area contributed by atoms with Crippen LogP contribution in [0.3, 0.4) is 0 Å². The zero-order valence-electron chi connectivity index (χ0n) is 18.7. The molecule has 1 aromatic carbocycles. The molecule has 3 aromatic rings. The van der Waals surface area contributed by atoms with Gasteiger partial charge >= 0.3 is 0 Å². The lowest BCUT2D eigenvalue weighted by molar-refractivity contribution is -0.137. The van der Waals surface area contributed by atoms with E-state index in [4.69, 9.17) is 9.51 Å². The molecule has 2 fully saturated rings. The summed E-state index contributed by atoms with van der Waals surface area (Å²) in [5.74, 6) is 2.29. The number of carbonyl (C=O) groups is 1. The zero-order chi connectivity index (χ0) is 21.9. The van der Waals surface area contributed by atoms with Crippen LogP contribution in [-0.4, -0.2) is 39.0 Å². The molecular formula is C26H30N4O2. The topological polar surface area (TPSA) is 72.1 Å². The van der Waals surface area contributed by atoms with E-state index < -0.39 is 0 Å². The second kappa shape index (κ2) is 9.23. The van der Waals surface area contributed by atoms with Gasteiger partial charge in [0.05, 0.1) is 17.0 Å². The molecule has 2 aromatic heterocycles. The number of piperidine rings is 1. The van der Waals surface area contributed by atoms with Gasteiger partial charge in [0, 0.05) is 42.8 Å². The number of hydrogen-bond acceptors (Lipinski definition) is 5. The van der Waals surface area contributed by atoms with Crippen molar-refractivity contribution in [1.29, 1.82) is 0 Å². The van der Waals surface area contributed by atoms with Crippen LogP contribution in [0.4, 0.5) is 0 Å². The van der Waals surface area contributed by atoms with Crippen molar-refractivity contribution in [2.75, 3.05) is 13.1 Å². The van der Waals surface area contributed by atoms with Crippen molar-refractivity contribution in [2.24, 2.45) is 5.92 Å². The molecule has 0 radical (unpaired) electrons. The van der Waals surface area contributed by atoms with Gasteiger partial charge < -0.3 is 9.42 Å². The molecule has 2 aliphatic rings. The van der Waals surface area contributed by atoms with E-state index >= 15 is 0 Å². The summed E-state index contributed by atoms with van der Waals surface area (Å²) in [5.41, 5.74) is 3.74. The molecule has 3 heterocycles. The Kier molecular flexibility index (Phi) is 6.02. The van der Waals surface area contributed by atoms with Gasteiger partial charge in [-0.25, -0.2) is 9.97 Å². The first-order chi connectivity index (χ1) is 15.7. The second-order valence-electron chi connectivity index (χ2n) is 9.13. The maximum Gasteiger partial charge on any atom is 0.225 e. The number of carbonyl (C=O) groups excluding carboxylic acids is 1. The highest BCUT2D eigenvalue weighted by Crippen LogP contribution is 2.36. The monoisotopic (exact) mass is 430 g/mol. The fourth-order valence-electron chi connectivity index (χ4n) is 5.09. The number of aromatic nitrogens is 3. The Balaban J connectivity index is 1.39. The summed E-state index contributed by atoms with van der Waals surface area (Å²) >= 11 is 0. The smallest absolute Gasteiger partial charge is 0.225 e. The van der Waals surface area contributed by atoms with E-state index in [0.29, 0.717) is 11.7 Å². The Morgan fingerprint density at radius 3 is 2.47 bits per heavy atom. The van der Waals surface area contributed by atoms with Crippen LogP contribution < -0.4 is 0 Å². The quantitative estimate of drug-likeness (QED) is 0.555. The molecular weight excluding hydrogens is 400 g/mol. The van der Waals surface area contributed by atoms with Crippen LogP contribution in [0, 0.1) is 12.8 Å². The van der Waals surface area contributed by atoms with Gasteiger partial charge in [-0.2, -0.15) is 0 Å². The molecule has 32 heavy (non-hydrogen) atoms. The van der Waals surface area contributed by atoms with Crippen molar-refractivity contribution < 1.29 is 9.32 Å². The van der Waals surface area contributed by atoms with Gasteiger partial charge in [0.25, 0.3) is 0 Å². The van der Waals surface area contributed by atoms with Gasteiger partial charge in [-0.3, -0.25) is 4.79 Å². The van der Waals surface area contributed by atoms with Crippen molar-refractivity contribution in [3.8, 4) is 22.7 Å². The summed E-state index contributed by atoms with van der Waals surface area (Å²) in [6, 6.07) is 12.0. The lowest BCUT2D eigenvalue weighted by atomic mass is 9.86. The van der Waals surface area contributed by atoms with Crippen LogP contribution in [0.5, 0.6) is 0 Å². The number of aryl methyl sites for hydroxylation is 1. The average Bonchev–Trinajstić information content (AvgIpc) is 3.30. The molecule has 5 rings (SSSR count). The summed E-state index contributed by atoms with van der Waals surface area (Å²) in [5, 5.41) is 4.06. The number of likely N-dealkylation sites (tertiary alicyclic amines) is 1. The van der Waals surface area contributed by atoms with E-state index in [2.05, 4.69) is 15.0 Å². The van der Waals surface area contributed by atoms with E-state index in [-0.39, 0.29) is 11.8 Å². The number of nitrogens with zero attached hydrogens (tertiary/aromatic N) is 4. The molecule has 166 valence electrons. The summed E-state index contributed by atoms with van der Waals surface area (Å²) in [6.07, 6.45) is 9.44. The van der Waals surface area contributed by atoms with Crippen LogP contribution >= 0.6 is 0 Å². The number of benzene rings is 1. The number of hydrogen-bond donors (Lipinski definition) is 0. The zero-order valence-corrected chi connectivity index (χ0v) is 18.7. The molecule has 6 nitrogen and oxygen atoms in total. The standard InChI is InChI=1S/C26H30N4O2/c1-18-16-23(32-29-18)22-17-27-25(20-8-4-2-5-9-20)28-24(22)19-12-14-30(15-13-19)26(31)21-10-6-3-7-11-21/h2,4-5,8-9,16-17,19,21H,3,6-7,10-15H2,1H3. The lowest BCUT2D eigenvalue weighted by Crippen LogP contribution is -2.42. The molecule has 1 saturated heterocycles. The van der Waals surface area contributed by atoms with E-state index in [9.17, 15) is 4.79 Å². The van der Waals surface area contributed by atoms with Gasteiger partial charge in [-0.1, -0.05) is 54.8 Å². The Bertz CT molecular complexity index is 1060. The summed E-state index contributed by atoms with van der Waals surface area (Å²) in [6.45, 7) is 3.50. The Labute approximate surface area is 189 Å². The van der Waals surface area contributed by atoms with Crippen LogP contribution in [0.2, 0.25) is 0 Å². The second-order valence-corrected chi connectivity index (χ2v) is 9.13. The maximum absolute atomic E-state index is 13.0. The SMILES string of the molecule is Cc1cc(-c2cnc(-c3ccccc3)nc2C2CCN(C(=O)C3CCCCC3)CC2)on1. The molecule has 0 N–H and O–H groups in total. The van der Waals surface area contributed by atoms with Gasteiger partial charge in [0.15, 0.2) is 11.6 Å². The van der Waals surface area contributed by atoms with E-state index in [1.165, 1.54) is 19.3 Å². The first kappa shape index (κ1) is 20.9. The van der Waals surface area contributed by atoms with Crippen molar-refractivity contribution in [2.45, 2.75) is 57.8 Å². The van der Waals surface area contributed by atoms with Crippen molar-refractivity contribution in [3.63, 3.8) is 0 Å². The Morgan fingerprint density at radius 2 is 1.78 bits per heavy atom. The molecule has 0 atom stereocenters. The maximum atomic E-state index is 13.0. The molecule has 6 heteroatoms. The predicted octanol–water partition coefficient (Wildman–Crippen LogP) is 5.39. The molecule has 1 aliphatic heterocycles. The molecule has 0 spiro atoms. The van der Waals surface area contributed by atoms with Crippen LogP contribution in [0.15, 0.2) is 47.1 Å². The van der Waals surface area contributed by atoms with E-state index in [1.54, 1.807) is 0 Å². The molecule has 1 aliphatic carbocycles. The fraction of sp³-hybridized carbons (Fsp3) is 0.462. The predicted molar refractivity (Wildman–Crippen MR) is 123 cm³/mol. The third-order valence-corrected chi connectivity index (χ3v) is 6.89. The summed E-state index contributed by atoms with van der Waals surface area (Å²) in [7, 11) is 0. The number of rotatable bonds is 4. The molecule has 1 saturated carbocycles. The minimum absolute atomic E-state index is 0.233. The highest BCUT2D eigenvalue weighted by molar-refractivity contribution is 5.79. The van der Waals surface area contributed by atoms with Gasteiger partial charge in [-0.15, -0.1) is 0 Å². The van der Waals surface area contributed by atoms with Gasteiger partial charge in [-0.05, 0) is 32.6 Å². The highest BCUT2D eigenvalue weighted by Gasteiger charge is 2.31. The van der Waals surface area contributed by atoms with Crippen molar-refractivity contribution >= 4 is 5.91 Å². The van der Waals surface area contributed by atoms with E-state index in [1.807, 2.05) is 49.5 Å². The van der Waals surface area contributed by atoms with Gasteiger partial charge in [0.1, 0.15) is 0 Å². The fourth-order valence-corrected chi connectivity index (χ4v) is 5.09. The first-order valence-corrected chi connectivity index (χ1v) is 11.8. The van der Waals surface area contributed by atoms with Gasteiger partial charge in [0.2, 0.25) is 5.91 Å². The molecule has 0 bridgehead atoms. The Hall–Kier alpha value is -3.02. The lowest BCUT2D eigenvalue weighted by Gasteiger charge is -2.35. The highest BCUT2D eigenvalue weighted by atomic mass is 16.5. The third kappa shape index (κ3) is 4.31.